The number of rotatable bonds is 4. The number of benzene rings is 2. The van der Waals surface area contributed by atoms with Crippen LogP contribution in [0.5, 0.6) is 0 Å². The number of hydrogen-bond acceptors (Lipinski definition) is 3. The minimum absolute atomic E-state index is 0.257. The van der Waals surface area contributed by atoms with E-state index < -0.39 is 10.0 Å². The molecule has 0 radical (unpaired) electrons. The zero-order valence-corrected chi connectivity index (χ0v) is 13.8. The van der Waals surface area contributed by atoms with Gasteiger partial charge >= 0.3 is 0 Å². The second-order valence-electron chi connectivity index (χ2n) is 5.73. The highest BCUT2D eigenvalue weighted by molar-refractivity contribution is 7.92. The van der Waals surface area contributed by atoms with Crippen LogP contribution in [0.15, 0.2) is 65.8 Å². The van der Waals surface area contributed by atoms with Gasteiger partial charge in [-0.3, -0.25) is 9.71 Å². The molecule has 0 aliphatic carbocycles. The van der Waals surface area contributed by atoms with Crippen LogP contribution in [0.4, 0.5) is 5.69 Å². The average molecular weight is 326 g/mol. The molecule has 0 bridgehead atoms. The molecule has 23 heavy (non-hydrogen) atoms. The van der Waals surface area contributed by atoms with Gasteiger partial charge in [-0.1, -0.05) is 38.1 Å². The zero-order valence-electron chi connectivity index (χ0n) is 13.0. The molecule has 0 saturated heterocycles. The third-order valence-electron chi connectivity index (χ3n) is 3.78. The molecule has 0 saturated carbocycles. The first kappa shape index (κ1) is 15.5. The van der Waals surface area contributed by atoms with Gasteiger partial charge in [0.2, 0.25) is 0 Å². The van der Waals surface area contributed by atoms with Crippen LogP contribution in [0, 0.1) is 0 Å². The van der Waals surface area contributed by atoms with Crippen LogP contribution in [0.25, 0.3) is 10.8 Å². The van der Waals surface area contributed by atoms with Crippen molar-refractivity contribution in [3.8, 4) is 0 Å². The quantitative estimate of drug-likeness (QED) is 0.783. The van der Waals surface area contributed by atoms with Crippen molar-refractivity contribution in [3.63, 3.8) is 0 Å². The lowest BCUT2D eigenvalue weighted by molar-refractivity contribution is 0.601. The Bertz CT molecular complexity index is 927. The van der Waals surface area contributed by atoms with Gasteiger partial charge in [0.25, 0.3) is 10.0 Å². The molecule has 4 nitrogen and oxygen atoms in total. The molecule has 1 N–H and O–H groups in total. The van der Waals surface area contributed by atoms with Crippen molar-refractivity contribution >= 4 is 26.5 Å². The third-order valence-corrected chi connectivity index (χ3v) is 5.16. The molecule has 0 aliphatic rings. The van der Waals surface area contributed by atoms with Crippen molar-refractivity contribution in [1.82, 2.24) is 4.98 Å². The molecule has 0 fully saturated rings. The fourth-order valence-corrected chi connectivity index (χ4v) is 3.53. The van der Waals surface area contributed by atoms with Crippen molar-refractivity contribution in [3.05, 3.63) is 66.5 Å². The van der Waals surface area contributed by atoms with Crippen molar-refractivity contribution < 1.29 is 8.42 Å². The predicted molar refractivity (Wildman–Crippen MR) is 93.1 cm³/mol. The van der Waals surface area contributed by atoms with Gasteiger partial charge in [-0.25, -0.2) is 8.42 Å². The predicted octanol–water partition coefficient (Wildman–Crippen LogP) is 4.16. The Balaban J connectivity index is 1.97. The molecule has 0 amide bonds. The minimum atomic E-state index is -3.62. The first-order chi connectivity index (χ1) is 11.0. The van der Waals surface area contributed by atoms with Crippen molar-refractivity contribution in [2.45, 2.75) is 24.7 Å². The van der Waals surface area contributed by atoms with E-state index in [1.807, 2.05) is 24.3 Å². The average Bonchev–Trinajstić information content (AvgIpc) is 2.55. The Kier molecular flexibility index (Phi) is 4.05. The Labute approximate surface area is 136 Å². The largest absolute Gasteiger partial charge is 0.279 e. The maximum atomic E-state index is 12.6. The molecule has 0 spiro atoms. The van der Waals surface area contributed by atoms with Crippen LogP contribution in [-0.2, 0) is 10.0 Å². The molecular formula is C18H18N2O2S. The summed E-state index contributed by atoms with van der Waals surface area (Å²) >= 11 is 0. The van der Waals surface area contributed by atoms with E-state index in [0.717, 1.165) is 16.3 Å². The number of fused-ring (bicyclic) bond motifs is 1. The molecule has 1 heterocycles. The fraction of sp³-hybridized carbons (Fsp3) is 0.167. The SMILES string of the molecule is CC(C)c1ccc(S(=O)(=O)Nc2cccc3cnccc23)cc1. The summed E-state index contributed by atoms with van der Waals surface area (Å²) in [4.78, 5) is 4.31. The van der Waals surface area contributed by atoms with Gasteiger partial charge in [0.1, 0.15) is 0 Å². The summed E-state index contributed by atoms with van der Waals surface area (Å²) in [6.07, 6.45) is 3.36. The Morgan fingerprint density at radius 1 is 1.00 bits per heavy atom. The Morgan fingerprint density at radius 2 is 1.74 bits per heavy atom. The highest BCUT2D eigenvalue weighted by atomic mass is 32.2. The van der Waals surface area contributed by atoms with Gasteiger partial charge in [-0.2, -0.15) is 0 Å². The van der Waals surface area contributed by atoms with Crippen LogP contribution in [0.2, 0.25) is 0 Å². The molecule has 0 unspecified atom stereocenters. The van der Waals surface area contributed by atoms with Crippen molar-refractivity contribution in [2.24, 2.45) is 0 Å². The van der Waals surface area contributed by atoms with E-state index >= 15 is 0 Å². The van der Waals surface area contributed by atoms with Crippen molar-refractivity contribution in [1.29, 1.82) is 0 Å². The van der Waals surface area contributed by atoms with E-state index in [4.69, 9.17) is 0 Å². The zero-order chi connectivity index (χ0) is 16.4. The van der Waals surface area contributed by atoms with E-state index in [2.05, 4.69) is 23.6 Å². The standard InChI is InChI=1S/C18H18N2O2S/c1-13(2)14-6-8-16(9-7-14)23(21,22)20-18-5-3-4-15-12-19-11-10-17(15)18/h3-13,20H,1-2H3. The van der Waals surface area contributed by atoms with Gasteiger partial charge in [-0.05, 0) is 35.7 Å². The molecule has 2 aromatic carbocycles. The topological polar surface area (TPSA) is 59.1 Å². The number of nitrogens with one attached hydrogen (secondary N) is 1. The molecular weight excluding hydrogens is 308 g/mol. The summed E-state index contributed by atoms with van der Waals surface area (Å²) in [6.45, 7) is 4.15. The number of hydrogen-bond donors (Lipinski definition) is 1. The number of nitrogens with zero attached hydrogens (tertiary/aromatic N) is 1. The number of aromatic nitrogens is 1. The second kappa shape index (κ2) is 6.01. The maximum Gasteiger partial charge on any atom is 0.261 e. The summed E-state index contributed by atoms with van der Waals surface area (Å²) in [5.41, 5.74) is 1.66. The maximum absolute atomic E-state index is 12.6. The Hall–Kier alpha value is -2.40. The van der Waals surface area contributed by atoms with Crippen LogP contribution >= 0.6 is 0 Å². The van der Waals surface area contributed by atoms with E-state index in [1.54, 1.807) is 36.7 Å². The van der Waals surface area contributed by atoms with Crippen molar-refractivity contribution in [2.75, 3.05) is 4.72 Å². The summed E-state index contributed by atoms with van der Waals surface area (Å²) in [5, 5.41) is 1.72. The first-order valence-electron chi connectivity index (χ1n) is 7.43. The fourth-order valence-electron chi connectivity index (χ4n) is 2.45. The molecule has 0 aliphatic heterocycles. The normalized spacial score (nSPS) is 11.8. The number of pyridine rings is 1. The second-order valence-corrected chi connectivity index (χ2v) is 7.41. The van der Waals surface area contributed by atoms with Gasteiger partial charge in [0, 0.05) is 23.2 Å². The molecule has 0 atom stereocenters. The highest BCUT2D eigenvalue weighted by Crippen LogP contribution is 2.25. The van der Waals surface area contributed by atoms with Crippen LogP contribution in [-0.4, -0.2) is 13.4 Å². The molecule has 5 heteroatoms. The summed E-state index contributed by atoms with van der Waals surface area (Å²) < 4.78 is 27.9. The lowest BCUT2D eigenvalue weighted by Crippen LogP contribution is -2.13. The van der Waals surface area contributed by atoms with E-state index in [1.165, 1.54) is 0 Å². The lowest BCUT2D eigenvalue weighted by Gasteiger charge is -2.11. The number of anilines is 1. The molecule has 3 aromatic rings. The van der Waals surface area contributed by atoms with E-state index in [9.17, 15) is 8.42 Å². The Morgan fingerprint density at radius 3 is 2.43 bits per heavy atom. The van der Waals surface area contributed by atoms with Gasteiger partial charge in [0.15, 0.2) is 0 Å². The van der Waals surface area contributed by atoms with Crippen LogP contribution < -0.4 is 4.72 Å². The minimum Gasteiger partial charge on any atom is -0.279 e. The lowest BCUT2D eigenvalue weighted by atomic mass is 10.0. The van der Waals surface area contributed by atoms with Gasteiger partial charge in [-0.15, -0.1) is 0 Å². The molecule has 118 valence electrons. The number of sulfonamides is 1. The monoisotopic (exact) mass is 326 g/mol. The highest BCUT2D eigenvalue weighted by Gasteiger charge is 2.15. The third kappa shape index (κ3) is 3.19. The van der Waals surface area contributed by atoms with E-state index in [-0.39, 0.29) is 4.90 Å². The smallest absolute Gasteiger partial charge is 0.261 e. The summed E-state index contributed by atoms with van der Waals surface area (Å²) in [5.74, 6) is 0.366. The van der Waals surface area contributed by atoms with Gasteiger partial charge in [0.05, 0.1) is 10.6 Å². The van der Waals surface area contributed by atoms with Crippen LogP contribution in [0.3, 0.4) is 0 Å². The van der Waals surface area contributed by atoms with Crippen LogP contribution in [0.1, 0.15) is 25.3 Å². The summed E-state index contributed by atoms with van der Waals surface area (Å²) in [6, 6.07) is 14.3. The van der Waals surface area contributed by atoms with Gasteiger partial charge < -0.3 is 0 Å². The van der Waals surface area contributed by atoms with E-state index in [0.29, 0.717) is 11.6 Å². The molecule has 3 rings (SSSR count). The first-order valence-corrected chi connectivity index (χ1v) is 8.91. The molecule has 1 aromatic heterocycles. The summed E-state index contributed by atoms with van der Waals surface area (Å²) in [7, 11) is -3.62.